The summed E-state index contributed by atoms with van der Waals surface area (Å²) >= 11 is 0. The van der Waals surface area contributed by atoms with Crippen molar-refractivity contribution in [2.24, 2.45) is 0 Å². The number of rotatable bonds is 6. The molecule has 0 saturated carbocycles. The first kappa shape index (κ1) is 17.0. The second kappa shape index (κ2) is 8.32. The Morgan fingerprint density at radius 2 is 1.71 bits per heavy atom. The van der Waals surface area contributed by atoms with Crippen molar-refractivity contribution in [1.82, 2.24) is 9.80 Å². The molecule has 1 aliphatic heterocycles. The van der Waals surface area contributed by atoms with Crippen LogP contribution in [0, 0.1) is 0 Å². The molecule has 0 aliphatic carbocycles. The van der Waals surface area contributed by atoms with Gasteiger partial charge in [0, 0.05) is 31.7 Å². The van der Waals surface area contributed by atoms with E-state index in [2.05, 4.69) is 65.4 Å². The molecule has 1 aliphatic rings. The summed E-state index contributed by atoms with van der Waals surface area (Å²) in [5.74, 6) is 0.948. The highest BCUT2D eigenvalue weighted by atomic mass is 16.5. The predicted octanol–water partition coefficient (Wildman–Crippen LogP) is 3.54. The lowest BCUT2D eigenvalue weighted by Gasteiger charge is -2.32. The highest BCUT2D eigenvalue weighted by Crippen LogP contribution is 2.31. The standard InChI is InChI=1S/C21H28N2O/c1-22-13-15-23(16-14-22)12-6-7-18-10-11-21(24-2)20(17-18)19-8-4-3-5-9-19/h3-5,8-11,17H,6-7,12-16H2,1-2H3. The van der Waals surface area contributed by atoms with Gasteiger partial charge in [-0.3, -0.25) is 0 Å². The molecule has 128 valence electrons. The molecule has 2 aromatic carbocycles. The number of methoxy groups -OCH3 is 1. The molecule has 3 nitrogen and oxygen atoms in total. The average Bonchev–Trinajstić information content (AvgIpc) is 2.64. The SMILES string of the molecule is COc1ccc(CCCN2CCN(C)CC2)cc1-c1ccccc1. The van der Waals surface area contributed by atoms with E-state index in [-0.39, 0.29) is 0 Å². The third-order valence-electron chi connectivity index (χ3n) is 4.88. The molecule has 0 aromatic heterocycles. The number of piperazine rings is 1. The van der Waals surface area contributed by atoms with Crippen LogP contribution in [0.4, 0.5) is 0 Å². The van der Waals surface area contributed by atoms with Crippen LogP contribution in [0.25, 0.3) is 11.1 Å². The zero-order chi connectivity index (χ0) is 16.8. The topological polar surface area (TPSA) is 15.7 Å². The number of nitrogens with zero attached hydrogens (tertiary/aromatic N) is 2. The van der Waals surface area contributed by atoms with Gasteiger partial charge in [-0.1, -0.05) is 36.4 Å². The van der Waals surface area contributed by atoms with Gasteiger partial charge in [0.05, 0.1) is 7.11 Å². The summed E-state index contributed by atoms with van der Waals surface area (Å²) in [6.45, 7) is 5.99. The zero-order valence-corrected chi connectivity index (χ0v) is 14.9. The fourth-order valence-electron chi connectivity index (χ4n) is 3.33. The van der Waals surface area contributed by atoms with Crippen LogP contribution in [-0.2, 0) is 6.42 Å². The fourth-order valence-corrected chi connectivity index (χ4v) is 3.33. The number of ether oxygens (including phenoxy) is 1. The van der Waals surface area contributed by atoms with Crippen LogP contribution in [0.3, 0.4) is 0 Å². The number of aryl methyl sites for hydroxylation is 1. The first-order valence-electron chi connectivity index (χ1n) is 8.89. The minimum absolute atomic E-state index is 0.948. The Morgan fingerprint density at radius 1 is 0.958 bits per heavy atom. The minimum atomic E-state index is 0.948. The smallest absolute Gasteiger partial charge is 0.126 e. The van der Waals surface area contributed by atoms with E-state index in [9.17, 15) is 0 Å². The predicted molar refractivity (Wildman–Crippen MR) is 101 cm³/mol. The molecule has 0 radical (unpaired) electrons. The quantitative estimate of drug-likeness (QED) is 0.808. The van der Waals surface area contributed by atoms with Crippen LogP contribution in [0.5, 0.6) is 5.75 Å². The molecule has 1 saturated heterocycles. The van der Waals surface area contributed by atoms with Gasteiger partial charge in [0.1, 0.15) is 5.75 Å². The van der Waals surface area contributed by atoms with Gasteiger partial charge in [-0.2, -0.15) is 0 Å². The third kappa shape index (κ3) is 4.37. The first-order chi connectivity index (χ1) is 11.8. The molecule has 2 aromatic rings. The maximum atomic E-state index is 5.55. The lowest BCUT2D eigenvalue weighted by Crippen LogP contribution is -2.44. The van der Waals surface area contributed by atoms with Gasteiger partial charge in [0.2, 0.25) is 0 Å². The van der Waals surface area contributed by atoms with E-state index in [1.54, 1.807) is 7.11 Å². The highest BCUT2D eigenvalue weighted by molar-refractivity contribution is 5.71. The van der Waals surface area contributed by atoms with E-state index in [0.29, 0.717) is 0 Å². The van der Waals surface area contributed by atoms with Crippen molar-refractivity contribution in [3.05, 3.63) is 54.1 Å². The van der Waals surface area contributed by atoms with E-state index in [4.69, 9.17) is 4.74 Å². The second-order valence-electron chi connectivity index (χ2n) is 6.65. The van der Waals surface area contributed by atoms with Crippen LogP contribution in [-0.4, -0.2) is 56.7 Å². The van der Waals surface area contributed by atoms with Gasteiger partial charge in [-0.15, -0.1) is 0 Å². The number of hydrogen-bond donors (Lipinski definition) is 0. The van der Waals surface area contributed by atoms with E-state index in [1.165, 1.54) is 55.8 Å². The molecular formula is C21H28N2O. The zero-order valence-electron chi connectivity index (χ0n) is 14.9. The van der Waals surface area contributed by atoms with Crippen LogP contribution in [0.2, 0.25) is 0 Å². The monoisotopic (exact) mass is 324 g/mol. The van der Waals surface area contributed by atoms with Gasteiger partial charge in [0.15, 0.2) is 0 Å². The molecule has 0 spiro atoms. The van der Waals surface area contributed by atoms with E-state index in [0.717, 1.165) is 12.2 Å². The van der Waals surface area contributed by atoms with E-state index < -0.39 is 0 Å². The Hall–Kier alpha value is -1.84. The molecule has 0 atom stereocenters. The van der Waals surface area contributed by atoms with Gasteiger partial charge in [-0.05, 0) is 49.7 Å². The molecule has 1 heterocycles. The largest absolute Gasteiger partial charge is 0.496 e. The number of hydrogen-bond acceptors (Lipinski definition) is 3. The number of benzene rings is 2. The summed E-state index contributed by atoms with van der Waals surface area (Å²) in [4.78, 5) is 4.99. The van der Waals surface area contributed by atoms with Crippen molar-refractivity contribution in [2.45, 2.75) is 12.8 Å². The fraction of sp³-hybridized carbons (Fsp3) is 0.429. The average molecular weight is 324 g/mol. The van der Waals surface area contributed by atoms with Gasteiger partial charge in [-0.25, -0.2) is 0 Å². The van der Waals surface area contributed by atoms with Crippen molar-refractivity contribution in [3.63, 3.8) is 0 Å². The Kier molecular flexibility index (Phi) is 5.89. The van der Waals surface area contributed by atoms with Crippen molar-refractivity contribution < 1.29 is 4.74 Å². The Balaban J connectivity index is 1.62. The lowest BCUT2D eigenvalue weighted by molar-refractivity contribution is 0.153. The van der Waals surface area contributed by atoms with Crippen LogP contribution < -0.4 is 4.74 Å². The molecule has 3 rings (SSSR count). The summed E-state index contributed by atoms with van der Waals surface area (Å²) in [7, 11) is 3.95. The van der Waals surface area contributed by atoms with E-state index >= 15 is 0 Å². The lowest BCUT2D eigenvalue weighted by atomic mass is 9.99. The van der Waals surface area contributed by atoms with Gasteiger partial charge in [0.25, 0.3) is 0 Å². The normalized spacial score (nSPS) is 16.2. The van der Waals surface area contributed by atoms with Crippen molar-refractivity contribution in [2.75, 3.05) is 46.9 Å². The van der Waals surface area contributed by atoms with Crippen LogP contribution >= 0.6 is 0 Å². The molecule has 0 amide bonds. The molecule has 1 fully saturated rings. The molecular weight excluding hydrogens is 296 g/mol. The summed E-state index contributed by atoms with van der Waals surface area (Å²) < 4.78 is 5.55. The van der Waals surface area contributed by atoms with Gasteiger partial charge >= 0.3 is 0 Å². The van der Waals surface area contributed by atoms with Gasteiger partial charge < -0.3 is 14.5 Å². The van der Waals surface area contributed by atoms with Crippen molar-refractivity contribution >= 4 is 0 Å². The Labute approximate surface area is 145 Å². The summed E-state index contributed by atoms with van der Waals surface area (Å²) in [5, 5.41) is 0. The molecule has 24 heavy (non-hydrogen) atoms. The summed E-state index contributed by atoms with van der Waals surface area (Å²) in [6.07, 6.45) is 2.33. The highest BCUT2D eigenvalue weighted by Gasteiger charge is 2.13. The summed E-state index contributed by atoms with van der Waals surface area (Å²) in [6, 6.07) is 17.1. The summed E-state index contributed by atoms with van der Waals surface area (Å²) in [5.41, 5.74) is 3.80. The van der Waals surface area contributed by atoms with E-state index in [1.807, 2.05) is 0 Å². The van der Waals surface area contributed by atoms with Crippen molar-refractivity contribution in [1.29, 1.82) is 0 Å². The van der Waals surface area contributed by atoms with Crippen LogP contribution in [0.1, 0.15) is 12.0 Å². The first-order valence-corrected chi connectivity index (χ1v) is 8.89. The Morgan fingerprint density at radius 3 is 2.42 bits per heavy atom. The second-order valence-corrected chi connectivity index (χ2v) is 6.65. The molecule has 0 bridgehead atoms. The molecule has 0 unspecified atom stereocenters. The maximum Gasteiger partial charge on any atom is 0.126 e. The Bertz CT molecular complexity index is 634. The van der Waals surface area contributed by atoms with Crippen molar-refractivity contribution in [3.8, 4) is 16.9 Å². The maximum absolute atomic E-state index is 5.55. The van der Waals surface area contributed by atoms with Crippen LogP contribution in [0.15, 0.2) is 48.5 Å². The molecule has 0 N–H and O–H groups in total. The third-order valence-corrected chi connectivity index (χ3v) is 4.88. The number of likely N-dealkylation sites (N-methyl/N-ethyl adjacent to an activating group) is 1. The minimum Gasteiger partial charge on any atom is -0.496 e. The molecule has 3 heteroatoms.